The van der Waals surface area contributed by atoms with E-state index in [-0.39, 0.29) is 41.6 Å². The molecule has 1 heterocycles. The highest BCUT2D eigenvalue weighted by molar-refractivity contribution is 14.0. The quantitative estimate of drug-likeness (QED) is 0.311. The van der Waals surface area contributed by atoms with Gasteiger partial charge in [0.15, 0.2) is 17.5 Å². The van der Waals surface area contributed by atoms with Gasteiger partial charge in [0.1, 0.15) is 6.10 Å². The number of ether oxygens (including phenoxy) is 2. The van der Waals surface area contributed by atoms with Gasteiger partial charge in [-0.3, -0.25) is 4.99 Å². The van der Waals surface area contributed by atoms with Gasteiger partial charge in [0, 0.05) is 25.4 Å². The number of rotatable bonds is 9. The molecule has 0 aliphatic rings. The van der Waals surface area contributed by atoms with E-state index in [2.05, 4.69) is 27.5 Å². The lowest BCUT2D eigenvalue weighted by Crippen LogP contribution is -2.41. The molecule has 154 valence electrons. The van der Waals surface area contributed by atoms with Crippen molar-refractivity contribution in [2.75, 3.05) is 20.2 Å². The molecule has 2 rings (SSSR count). The summed E-state index contributed by atoms with van der Waals surface area (Å²) in [5.74, 6) is 1.11. The van der Waals surface area contributed by atoms with Crippen LogP contribution in [0.5, 0.6) is 11.6 Å². The van der Waals surface area contributed by atoms with Crippen LogP contribution in [0.2, 0.25) is 0 Å². The average Bonchev–Trinajstić information content (AvgIpc) is 2.69. The Kier molecular flexibility index (Phi) is 11.2. The zero-order chi connectivity index (χ0) is 19.5. The maximum atomic E-state index is 13.7. The molecule has 6 nitrogen and oxygen atoms in total. The van der Waals surface area contributed by atoms with Crippen molar-refractivity contribution in [2.45, 2.75) is 32.9 Å². The number of aliphatic imine (C=N–C) groups is 1. The minimum absolute atomic E-state index is 0. The largest absolute Gasteiger partial charge is 0.486 e. The van der Waals surface area contributed by atoms with Gasteiger partial charge < -0.3 is 20.1 Å². The number of nitrogens with one attached hydrogen (secondary N) is 2. The van der Waals surface area contributed by atoms with Crippen LogP contribution in [0.3, 0.4) is 0 Å². The van der Waals surface area contributed by atoms with Crippen molar-refractivity contribution in [3.8, 4) is 11.6 Å². The maximum absolute atomic E-state index is 13.7. The van der Waals surface area contributed by atoms with Gasteiger partial charge >= 0.3 is 0 Å². The summed E-state index contributed by atoms with van der Waals surface area (Å²) in [5.41, 5.74) is 0.949. The van der Waals surface area contributed by atoms with Gasteiger partial charge in [-0.05, 0) is 31.5 Å². The van der Waals surface area contributed by atoms with Gasteiger partial charge in [-0.25, -0.2) is 9.37 Å². The van der Waals surface area contributed by atoms with Crippen molar-refractivity contribution >= 4 is 29.9 Å². The molecule has 2 N–H and O–H groups in total. The summed E-state index contributed by atoms with van der Waals surface area (Å²) < 4.78 is 24.9. The zero-order valence-electron chi connectivity index (χ0n) is 16.4. The topological polar surface area (TPSA) is 67.8 Å². The van der Waals surface area contributed by atoms with E-state index in [4.69, 9.17) is 9.47 Å². The molecular formula is C20H28FIN4O2. The minimum Gasteiger partial charge on any atom is -0.486 e. The van der Waals surface area contributed by atoms with E-state index < -0.39 is 0 Å². The Morgan fingerprint density at radius 3 is 2.71 bits per heavy atom. The number of nitrogens with zero attached hydrogens (tertiary/aromatic N) is 2. The van der Waals surface area contributed by atoms with E-state index in [1.165, 1.54) is 6.07 Å². The number of guanidine groups is 1. The summed E-state index contributed by atoms with van der Waals surface area (Å²) in [6.45, 7) is 5.54. The van der Waals surface area contributed by atoms with Gasteiger partial charge in [-0.1, -0.05) is 25.1 Å². The molecule has 1 aromatic heterocycles. The smallest absolute Gasteiger partial charge is 0.218 e. The van der Waals surface area contributed by atoms with Crippen LogP contribution in [0.25, 0.3) is 0 Å². The zero-order valence-corrected chi connectivity index (χ0v) is 18.8. The number of aromatic nitrogens is 1. The molecule has 1 atom stereocenters. The van der Waals surface area contributed by atoms with Crippen LogP contribution >= 0.6 is 24.0 Å². The van der Waals surface area contributed by atoms with E-state index in [1.807, 2.05) is 19.1 Å². The molecule has 8 heteroatoms. The monoisotopic (exact) mass is 502 g/mol. The highest BCUT2D eigenvalue weighted by atomic mass is 127. The van der Waals surface area contributed by atoms with Crippen molar-refractivity contribution < 1.29 is 13.9 Å². The van der Waals surface area contributed by atoms with Gasteiger partial charge in [0.25, 0.3) is 0 Å². The number of benzene rings is 1. The first-order valence-electron chi connectivity index (χ1n) is 9.06. The Balaban J connectivity index is 0.00000392. The van der Waals surface area contributed by atoms with Gasteiger partial charge in [-0.2, -0.15) is 0 Å². The van der Waals surface area contributed by atoms with Crippen molar-refractivity contribution in [1.29, 1.82) is 0 Å². The summed E-state index contributed by atoms with van der Waals surface area (Å²) in [6.07, 6.45) is 2.40. The molecule has 0 bridgehead atoms. The van der Waals surface area contributed by atoms with Crippen molar-refractivity contribution in [1.82, 2.24) is 15.6 Å². The first-order valence-corrected chi connectivity index (χ1v) is 9.06. The summed E-state index contributed by atoms with van der Waals surface area (Å²) in [6, 6.07) is 10.2. The average molecular weight is 502 g/mol. The van der Waals surface area contributed by atoms with Crippen molar-refractivity contribution in [3.63, 3.8) is 0 Å². The second-order valence-corrected chi connectivity index (χ2v) is 5.98. The highest BCUT2D eigenvalue weighted by Crippen LogP contribution is 2.17. The van der Waals surface area contributed by atoms with Crippen molar-refractivity contribution in [3.05, 3.63) is 54.0 Å². The molecule has 0 fully saturated rings. The lowest BCUT2D eigenvalue weighted by atomic mass is 10.2. The van der Waals surface area contributed by atoms with Crippen molar-refractivity contribution in [2.24, 2.45) is 4.99 Å². The Hall–Kier alpha value is -2.10. The molecular weight excluding hydrogens is 474 g/mol. The molecule has 2 aromatic rings. The second kappa shape index (κ2) is 13.1. The molecule has 0 radical (unpaired) electrons. The molecule has 28 heavy (non-hydrogen) atoms. The van der Waals surface area contributed by atoms with E-state index in [0.717, 1.165) is 12.0 Å². The molecule has 1 unspecified atom stereocenters. The molecule has 0 aliphatic heterocycles. The number of halogens is 2. The molecule has 0 aliphatic carbocycles. The summed E-state index contributed by atoms with van der Waals surface area (Å²) in [7, 11) is 1.69. The predicted molar refractivity (Wildman–Crippen MR) is 120 cm³/mol. The van der Waals surface area contributed by atoms with Crippen LogP contribution in [0, 0.1) is 5.82 Å². The second-order valence-electron chi connectivity index (χ2n) is 5.98. The fraction of sp³-hybridized carbons (Fsp3) is 0.400. The van der Waals surface area contributed by atoms with Gasteiger partial charge in [-0.15, -0.1) is 24.0 Å². The van der Waals surface area contributed by atoms with Gasteiger partial charge in [0.05, 0.1) is 13.2 Å². The first-order chi connectivity index (χ1) is 13.1. The van der Waals surface area contributed by atoms with E-state index in [9.17, 15) is 4.39 Å². The van der Waals surface area contributed by atoms with Gasteiger partial charge in [0.2, 0.25) is 5.88 Å². The standard InChI is InChI=1S/C20H27FN4O2.HI/c1-4-12-26-19-16(8-7-11-23-19)14-25-20(22-3)24-13-15(2)27-18-10-6-5-9-17(18)21;/h5-11,15H,4,12-14H2,1-3H3,(H2,22,24,25);1H. The fourth-order valence-corrected chi connectivity index (χ4v) is 2.33. The van der Waals surface area contributed by atoms with Crippen LogP contribution in [0.15, 0.2) is 47.6 Å². The Morgan fingerprint density at radius 1 is 1.21 bits per heavy atom. The van der Waals surface area contributed by atoms with Crippen LogP contribution in [0.4, 0.5) is 4.39 Å². The van der Waals surface area contributed by atoms with E-state index in [0.29, 0.717) is 31.5 Å². The SMILES string of the molecule is CCCOc1ncccc1CNC(=NC)NCC(C)Oc1ccccc1F.I. The minimum atomic E-state index is -0.372. The van der Waals surface area contributed by atoms with E-state index in [1.54, 1.807) is 31.4 Å². The normalized spacial score (nSPS) is 11.9. The lowest BCUT2D eigenvalue weighted by Gasteiger charge is -2.18. The first kappa shape index (κ1) is 23.9. The number of hydrogen-bond donors (Lipinski definition) is 2. The van der Waals surface area contributed by atoms with Crippen LogP contribution in [-0.2, 0) is 6.54 Å². The lowest BCUT2D eigenvalue weighted by molar-refractivity contribution is 0.214. The van der Waals surface area contributed by atoms with Crippen LogP contribution in [0.1, 0.15) is 25.8 Å². The summed E-state index contributed by atoms with van der Waals surface area (Å²) in [5, 5.41) is 6.39. The fourth-order valence-electron chi connectivity index (χ4n) is 2.33. The number of para-hydroxylation sites is 1. The Morgan fingerprint density at radius 2 is 2.00 bits per heavy atom. The Bertz CT molecular complexity index is 746. The van der Waals surface area contributed by atoms with Crippen LogP contribution in [-0.4, -0.2) is 37.2 Å². The Labute approximate surface area is 183 Å². The molecule has 0 saturated heterocycles. The third-order valence-electron chi connectivity index (χ3n) is 3.68. The number of pyridine rings is 1. The summed E-state index contributed by atoms with van der Waals surface area (Å²) in [4.78, 5) is 8.47. The molecule has 1 aromatic carbocycles. The maximum Gasteiger partial charge on any atom is 0.218 e. The molecule has 0 spiro atoms. The third-order valence-corrected chi connectivity index (χ3v) is 3.68. The van der Waals surface area contributed by atoms with E-state index >= 15 is 0 Å². The predicted octanol–water partition coefficient (Wildman–Crippen LogP) is 3.76. The molecule has 0 amide bonds. The number of hydrogen-bond acceptors (Lipinski definition) is 4. The molecule has 0 saturated carbocycles. The highest BCUT2D eigenvalue weighted by Gasteiger charge is 2.10. The summed E-state index contributed by atoms with van der Waals surface area (Å²) >= 11 is 0. The van der Waals surface area contributed by atoms with Crippen LogP contribution < -0.4 is 20.1 Å². The third kappa shape index (κ3) is 7.87.